The molecule has 21 heavy (non-hydrogen) atoms. The molecule has 0 saturated carbocycles. The van der Waals surface area contributed by atoms with Crippen LogP contribution in [0.15, 0.2) is 30.3 Å². The van der Waals surface area contributed by atoms with Gasteiger partial charge in [0.1, 0.15) is 24.3 Å². The van der Waals surface area contributed by atoms with Crippen LogP contribution in [-0.4, -0.2) is 24.1 Å². The number of hydrogen-bond donors (Lipinski definition) is 2. The number of rotatable bonds is 5. The van der Waals surface area contributed by atoms with Gasteiger partial charge in [-0.15, -0.1) is 0 Å². The molecule has 0 unspecified atom stereocenters. The van der Waals surface area contributed by atoms with E-state index in [1.807, 2.05) is 25.2 Å². The van der Waals surface area contributed by atoms with E-state index in [1.54, 1.807) is 24.1 Å². The van der Waals surface area contributed by atoms with Gasteiger partial charge in [-0.05, 0) is 12.1 Å². The molecule has 1 aromatic carbocycles. The minimum absolute atomic E-state index is 0.274. The van der Waals surface area contributed by atoms with Crippen molar-refractivity contribution in [3.63, 3.8) is 0 Å². The molecule has 0 atom stereocenters. The van der Waals surface area contributed by atoms with E-state index in [1.165, 1.54) is 0 Å². The van der Waals surface area contributed by atoms with E-state index in [-0.39, 0.29) is 6.61 Å². The Morgan fingerprint density at radius 1 is 1.38 bits per heavy atom. The van der Waals surface area contributed by atoms with Gasteiger partial charge in [-0.25, -0.2) is 15.8 Å². The highest BCUT2D eigenvalue weighted by atomic mass is 16.5. The number of hydrazine groups is 1. The van der Waals surface area contributed by atoms with E-state index in [2.05, 4.69) is 21.5 Å². The molecule has 0 aliphatic heterocycles. The van der Waals surface area contributed by atoms with Crippen molar-refractivity contribution in [3.05, 3.63) is 41.7 Å². The van der Waals surface area contributed by atoms with Crippen molar-refractivity contribution in [2.45, 2.75) is 6.61 Å². The van der Waals surface area contributed by atoms with Crippen molar-refractivity contribution < 1.29 is 4.74 Å². The van der Waals surface area contributed by atoms with E-state index in [0.717, 1.165) is 5.69 Å². The van der Waals surface area contributed by atoms with E-state index in [9.17, 15) is 5.26 Å². The minimum atomic E-state index is 0.274. The zero-order valence-electron chi connectivity index (χ0n) is 11.9. The third kappa shape index (κ3) is 3.25. The molecule has 1 heterocycles. The van der Waals surface area contributed by atoms with Gasteiger partial charge in [0.05, 0.1) is 11.3 Å². The molecule has 0 bridgehead atoms. The first-order valence-electron chi connectivity index (χ1n) is 6.26. The fourth-order valence-corrected chi connectivity index (χ4v) is 1.91. The molecular weight excluding hydrogens is 268 g/mol. The lowest BCUT2D eigenvalue weighted by Crippen LogP contribution is -2.17. The summed E-state index contributed by atoms with van der Waals surface area (Å²) in [5, 5.41) is 9.19. The number of anilines is 3. The second kappa shape index (κ2) is 6.65. The van der Waals surface area contributed by atoms with Gasteiger partial charge in [0.2, 0.25) is 0 Å². The Morgan fingerprint density at radius 2 is 2.14 bits per heavy atom. The number of benzene rings is 1. The number of nitrogens with zero attached hydrogens (tertiary/aromatic N) is 4. The monoisotopic (exact) mass is 284 g/mol. The highest BCUT2D eigenvalue weighted by molar-refractivity contribution is 5.67. The molecule has 7 nitrogen and oxygen atoms in total. The second-order valence-corrected chi connectivity index (χ2v) is 4.29. The maximum atomic E-state index is 9.19. The SMILES string of the molecule is COCc1nc(NN)cc(N(C)c2ccccc2C#N)n1. The molecule has 3 N–H and O–H groups in total. The van der Waals surface area contributed by atoms with Crippen LogP contribution in [0.4, 0.5) is 17.3 Å². The van der Waals surface area contributed by atoms with Crippen LogP contribution in [0.5, 0.6) is 0 Å². The maximum absolute atomic E-state index is 9.19. The number of ether oxygens (including phenoxy) is 1. The van der Waals surface area contributed by atoms with Crippen molar-refractivity contribution in [1.82, 2.24) is 9.97 Å². The van der Waals surface area contributed by atoms with Crippen LogP contribution in [0.25, 0.3) is 0 Å². The first kappa shape index (κ1) is 14.7. The summed E-state index contributed by atoms with van der Waals surface area (Å²) in [7, 11) is 3.40. The summed E-state index contributed by atoms with van der Waals surface area (Å²) in [4.78, 5) is 10.4. The molecule has 0 fully saturated rings. The highest BCUT2D eigenvalue weighted by Crippen LogP contribution is 2.26. The van der Waals surface area contributed by atoms with Crippen LogP contribution in [0, 0.1) is 11.3 Å². The fourth-order valence-electron chi connectivity index (χ4n) is 1.91. The van der Waals surface area contributed by atoms with Crippen molar-refractivity contribution in [1.29, 1.82) is 5.26 Å². The lowest BCUT2D eigenvalue weighted by Gasteiger charge is -2.20. The number of nitrogens with two attached hydrogens (primary N) is 1. The van der Waals surface area contributed by atoms with Gasteiger partial charge in [-0.1, -0.05) is 12.1 Å². The van der Waals surface area contributed by atoms with Gasteiger partial charge in [-0.2, -0.15) is 5.26 Å². The van der Waals surface area contributed by atoms with Gasteiger partial charge < -0.3 is 15.1 Å². The molecule has 1 aromatic heterocycles. The summed E-state index contributed by atoms with van der Waals surface area (Å²) in [6.07, 6.45) is 0. The average molecular weight is 284 g/mol. The second-order valence-electron chi connectivity index (χ2n) is 4.29. The van der Waals surface area contributed by atoms with Gasteiger partial charge in [0, 0.05) is 20.2 Å². The summed E-state index contributed by atoms with van der Waals surface area (Å²) < 4.78 is 5.05. The number of nitrogen functional groups attached to an aromatic ring is 1. The van der Waals surface area contributed by atoms with Crippen molar-refractivity contribution in [2.75, 3.05) is 24.5 Å². The number of hydrogen-bond acceptors (Lipinski definition) is 7. The smallest absolute Gasteiger partial charge is 0.158 e. The third-order valence-electron chi connectivity index (χ3n) is 2.91. The average Bonchev–Trinajstić information content (AvgIpc) is 2.54. The normalized spacial score (nSPS) is 10.0. The van der Waals surface area contributed by atoms with Crippen LogP contribution in [-0.2, 0) is 11.3 Å². The lowest BCUT2D eigenvalue weighted by molar-refractivity contribution is 0.178. The summed E-state index contributed by atoms with van der Waals surface area (Å²) in [6, 6.07) is 11.2. The van der Waals surface area contributed by atoms with Crippen LogP contribution in [0.1, 0.15) is 11.4 Å². The topological polar surface area (TPSA) is 100 Å². The molecule has 0 aliphatic carbocycles. The molecule has 0 saturated heterocycles. The van der Waals surface area contributed by atoms with E-state index < -0.39 is 0 Å². The molecule has 0 amide bonds. The largest absolute Gasteiger partial charge is 0.377 e. The zero-order valence-corrected chi connectivity index (χ0v) is 11.9. The molecule has 2 aromatic rings. The van der Waals surface area contributed by atoms with Crippen molar-refractivity contribution in [3.8, 4) is 6.07 Å². The predicted octanol–water partition coefficient (Wildman–Crippen LogP) is 1.55. The van der Waals surface area contributed by atoms with Gasteiger partial charge >= 0.3 is 0 Å². The zero-order chi connectivity index (χ0) is 15.2. The molecule has 0 radical (unpaired) electrons. The Balaban J connectivity index is 2.45. The van der Waals surface area contributed by atoms with Crippen LogP contribution < -0.4 is 16.2 Å². The van der Waals surface area contributed by atoms with Crippen LogP contribution in [0.2, 0.25) is 0 Å². The molecule has 0 aliphatic rings. The van der Waals surface area contributed by atoms with E-state index in [4.69, 9.17) is 10.6 Å². The summed E-state index contributed by atoms with van der Waals surface area (Å²) >= 11 is 0. The third-order valence-corrected chi connectivity index (χ3v) is 2.91. The van der Waals surface area contributed by atoms with Gasteiger partial charge in [-0.3, -0.25) is 0 Å². The van der Waals surface area contributed by atoms with Crippen molar-refractivity contribution in [2.24, 2.45) is 5.84 Å². The number of nitriles is 1. The quantitative estimate of drug-likeness (QED) is 0.634. The Kier molecular flexibility index (Phi) is 4.66. The highest BCUT2D eigenvalue weighted by Gasteiger charge is 2.12. The molecule has 0 spiro atoms. The van der Waals surface area contributed by atoms with Crippen LogP contribution >= 0.6 is 0 Å². The Labute approximate surface area is 123 Å². The number of para-hydroxylation sites is 1. The number of aromatic nitrogens is 2. The Hall–Kier alpha value is -2.69. The van der Waals surface area contributed by atoms with Gasteiger partial charge in [0.25, 0.3) is 0 Å². The summed E-state index contributed by atoms with van der Waals surface area (Å²) in [5.74, 6) is 7.03. The van der Waals surface area contributed by atoms with Crippen molar-refractivity contribution >= 4 is 17.3 Å². The summed E-state index contributed by atoms with van der Waals surface area (Å²) in [6.45, 7) is 0.274. The standard InChI is InChI=1S/C14H16N6O/c1-20(11-6-4-3-5-10(11)8-15)14-7-12(19-16)17-13(18-14)9-21-2/h3-7H,9,16H2,1-2H3,(H,17,18,19). The number of methoxy groups -OCH3 is 1. The first-order valence-corrected chi connectivity index (χ1v) is 6.26. The first-order chi connectivity index (χ1) is 10.2. The van der Waals surface area contributed by atoms with Crippen LogP contribution in [0.3, 0.4) is 0 Å². The Morgan fingerprint density at radius 3 is 2.81 bits per heavy atom. The lowest BCUT2D eigenvalue weighted by atomic mass is 10.2. The molecular formula is C14H16N6O. The van der Waals surface area contributed by atoms with Gasteiger partial charge in [0.15, 0.2) is 5.82 Å². The Bertz CT molecular complexity index is 667. The molecule has 108 valence electrons. The maximum Gasteiger partial charge on any atom is 0.158 e. The fraction of sp³-hybridized carbons (Fsp3) is 0.214. The molecule has 2 rings (SSSR count). The predicted molar refractivity (Wildman–Crippen MR) is 79.8 cm³/mol. The minimum Gasteiger partial charge on any atom is -0.377 e. The van der Waals surface area contributed by atoms with E-state index in [0.29, 0.717) is 23.0 Å². The number of nitrogens with one attached hydrogen (secondary N) is 1. The molecule has 7 heteroatoms. The summed E-state index contributed by atoms with van der Waals surface area (Å²) in [5.41, 5.74) is 3.82. The van der Waals surface area contributed by atoms with E-state index >= 15 is 0 Å².